The highest BCUT2D eigenvalue weighted by molar-refractivity contribution is 5.82. The minimum atomic E-state index is -0.123. The molecule has 0 aliphatic carbocycles. The van der Waals surface area contributed by atoms with Crippen molar-refractivity contribution in [3.05, 3.63) is 47.6 Å². The van der Waals surface area contributed by atoms with E-state index in [0.29, 0.717) is 49.1 Å². The number of methoxy groups -OCH3 is 1. The fourth-order valence-electron chi connectivity index (χ4n) is 7.57. The van der Waals surface area contributed by atoms with E-state index >= 15 is 0 Å². The zero-order valence-electron chi connectivity index (χ0n) is 30.8. The van der Waals surface area contributed by atoms with Crippen molar-refractivity contribution in [2.45, 2.75) is 110 Å². The minimum Gasteiger partial charge on any atom is -0.496 e. The third-order valence-corrected chi connectivity index (χ3v) is 10.5. The van der Waals surface area contributed by atoms with E-state index in [1.165, 1.54) is 12.8 Å². The summed E-state index contributed by atoms with van der Waals surface area (Å²) in [6, 6.07) is 5.92. The van der Waals surface area contributed by atoms with Gasteiger partial charge in [-0.3, -0.25) is 9.59 Å². The maximum absolute atomic E-state index is 12.9. The summed E-state index contributed by atoms with van der Waals surface area (Å²) in [4.78, 5) is 27.6. The number of likely N-dealkylation sites (tertiary alicyclic amines) is 1. The van der Waals surface area contributed by atoms with Crippen LogP contribution in [0.15, 0.2) is 36.4 Å². The summed E-state index contributed by atoms with van der Waals surface area (Å²) >= 11 is 0. The largest absolute Gasteiger partial charge is 0.496 e. The zero-order chi connectivity index (χ0) is 35.2. The molecular formula is C40H63N3O6. The Bertz CT molecular complexity index is 1250. The average molecular weight is 682 g/mol. The lowest BCUT2D eigenvalue weighted by molar-refractivity contribution is -0.132. The third-order valence-electron chi connectivity index (χ3n) is 10.5. The number of carbonyl (C=O) groups excluding carboxylic acids is 2. The number of allylic oxidation sites excluding steroid dienone is 4. The van der Waals surface area contributed by atoms with Gasteiger partial charge in [0.05, 0.1) is 31.3 Å². The van der Waals surface area contributed by atoms with Gasteiger partial charge in [0.2, 0.25) is 11.8 Å². The molecule has 3 aliphatic rings. The van der Waals surface area contributed by atoms with Crippen molar-refractivity contribution in [2.75, 3.05) is 53.1 Å². The van der Waals surface area contributed by atoms with E-state index in [2.05, 4.69) is 51.2 Å². The molecule has 3 aliphatic heterocycles. The monoisotopic (exact) mass is 681 g/mol. The van der Waals surface area contributed by atoms with Crippen LogP contribution in [0.1, 0.15) is 96.6 Å². The molecule has 4 rings (SSSR count). The van der Waals surface area contributed by atoms with E-state index < -0.39 is 0 Å². The van der Waals surface area contributed by atoms with Gasteiger partial charge in [-0.15, -0.1) is 0 Å². The molecular weight excluding hydrogens is 618 g/mol. The highest BCUT2D eigenvalue weighted by Crippen LogP contribution is 2.48. The summed E-state index contributed by atoms with van der Waals surface area (Å²) in [7, 11) is 1.65. The number of carbonyl (C=O) groups is 2. The van der Waals surface area contributed by atoms with Gasteiger partial charge in [-0.2, -0.15) is 0 Å². The van der Waals surface area contributed by atoms with Crippen LogP contribution in [0, 0.1) is 17.8 Å². The fraction of sp³-hybridized carbons (Fsp3) is 0.700. The standard InChI is InChI=1S/C40H63N3O6/c1-29(27-40(4)39(49-40)31(3)35-16-6-8-25-48-35)12-10-13-30(2)34-15-11-14-33(38(34)46-5)26-36(44)42-21-17-37(45)43-22-18-32(19-23-43)28-47-24-9-7-20-41/h10-15,29,31-32,35,39H,6-9,16-28,41H2,1-5H3,(H,42,44)/b12-10+,30-13+/t29-,31-,35+,39-,40-/m1/s1. The van der Waals surface area contributed by atoms with Crippen LogP contribution in [-0.4, -0.2) is 87.6 Å². The molecule has 1 aromatic carbocycles. The maximum Gasteiger partial charge on any atom is 0.224 e. The number of benzene rings is 1. The number of nitrogens with two attached hydrogens (primary N) is 1. The van der Waals surface area contributed by atoms with Gasteiger partial charge in [-0.25, -0.2) is 0 Å². The highest BCUT2D eigenvalue weighted by Gasteiger charge is 2.56. The number of ether oxygens (including phenoxy) is 4. The first-order valence-electron chi connectivity index (χ1n) is 18.8. The topological polar surface area (TPSA) is 116 Å². The lowest BCUT2D eigenvalue weighted by atomic mass is 9.85. The Balaban J connectivity index is 1.19. The molecule has 0 spiro atoms. The van der Waals surface area contributed by atoms with Gasteiger partial charge in [0.25, 0.3) is 0 Å². The molecule has 274 valence electrons. The molecule has 0 saturated carbocycles. The van der Waals surface area contributed by atoms with Crippen molar-refractivity contribution in [3.8, 4) is 5.75 Å². The quantitative estimate of drug-likeness (QED) is 0.103. The van der Waals surface area contributed by atoms with Gasteiger partial charge >= 0.3 is 0 Å². The number of nitrogens with one attached hydrogen (secondary N) is 1. The Morgan fingerprint density at radius 3 is 2.67 bits per heavy atom. The van der Waals surface area contributed by atoms with E-state index in [1.807, 2.05) is 23.1 Å². The zero-order valence-corrected chi connectivity index (χ0v) is 30.8. The second kappa shape index (κ2) is 19.6. The Morgan fingerprint density at radius 1 is 1.16 bits per heavy atom. The second-order valence-corrected chi connectivity index (χ2v) is 14.7. The number of amides is 2. The van der Waals surface area contributed by atoms with Gasteiger partial charge in [0.15, 0.2) is 0 Å². The van der Waals surface area contributed by atoms with Crippen molar-refractivity contribution in [2.24, 2.45) is 23.5 Å². The Kier molecular flexibility index (Phi) is 15.6. The van der Waals surface area contributed by atoms with Crippen LogP contribution >= 0.6 is 0 Å². The lowest BCUT2D eigenvalue weighted by Crippen LogP contribution is -2.41. The Hall–Kier alpha value is -2.72. The van der Waals surface area contributed by atoms with Gasteiger partial charge in [0.1, 0.15) is 5.75 Å². The molecule has 2 amide bonds. The molecule has 1 aromatic rings. The third kappa shape index (κ3) is 11.9. The molecule has 9 heteroatoms. The predicted molar refractivity (Wildman–Crippen MR) is 195 cm³/mol. The number of hydrogen-bond donors (Lipinski definition) is 2. The SMILES string of the molecule is COc1c(CC(=O)NCCC(=O)N2CCC(COCCCCN)CC2)cccc1/C(C)=C/C=C/[C@@H](C)C[C@@]1(C)O[C@@H]1[C@H](C)[C@@H]1CCCCO1. The Labute approximate surface area is 295 Å². The Morgan fingerprint density at radius 2 is 1.96 bits per heavy atom. The number of nitrogens with zero attached hydrogens (tertiary/aromatic N) is 1. The summed E-state index contributed by atoms with van der Waals surface area (Å²) in [5.74, 6) is 1.96. The van der Waals surface area contributed by atoms with Crippen molar-refractivity contribution in [1.82, 2.24) is 10.2 Å². The predicted octanol–water partition coefficient (Wildman–Crippen LogP) is 6.09. The maximum atomic E-state index is 12.9. The number of epoxide rings is 1. The molecule has 3 fully saturated rings. The lowest BCUT2D eigenvalue weighted by Gasteiger charge is -2.32. The molecule has 0 unspecified atom stereocenters. The van der Waals surface area contributed by atoms with Crippen molar-refractivity contribution < 1.29 is 28.5 Å². The van der Waals surface area contributed by atoms with Crippen molar-refractivity contribution >= 4 is 17.4 Å². The van der Waals surface area contributed by atoms with Gasteiger partial charge in [-0.05, 0) is 89.2 Å². The van der Waals surface area contributed by atoms with Crippen LogP contribution < -0.4 is 15.8 Å². The summed E-state index contributed by atoms with van der Waals surface area (Å²) in [5, 5.41) is 2.94. The molecule has 3 N–H and O–H groups in total. The molecule has 9 nitrogen and oxygen atoms in total. The number of rotatable bonds is 19. The average Bonchev–Trinajstić information content (AvgIpc) is 3.77. The molecule has 0 bridgehead atoms. The van der Waals surface area contributed by atoms with E-state index in [9.17, 15) is 9.59 Å². The second-order valence-electron chi connectivity index (χ2n) is 14.7. The molecule has 0 radical (unpaired) electrons. The minimum absolute atomic E-state index is 0.0903. The fourth-order valence-corrected chi connectivity index (χ4v) is 7.57. The molecule has 3 saturated heterocycles. The highest BCUT2D eigenvalue weighted by atomic mass is 16.6. The molecule has 3 heterocycles. The summed E-state index contributed by atoms with van der Waals surface area (Å²) < 4.78 is 23.9. The first-order chi connectivity index (χ1) is 23.6. The number of piperidine rings is 1. The summed E-state index contributed by atoms with van der Waals surface area (Å²) in [6.07, 6.45) is 16.0. The van der Waals surface area contributed by atoms with Crippen LogP contribution in [-0.2, 0) is 30.2 Å². The van der Waals surface area contributed by atoms with Crippen molar-refractivity contribution in [1.29, 1.82) is 0 Å². The first kappa shape index (κ1) is 39.1. The number of para-hydroxylation sites is 1. The summed E-state index contributed by atoms with van der Waals surface area (Å²) in [6.45, 7) is 13.7. The van der Waals surface area contributed by atoms with Crippen LogP contribution in [0.4, 0.5) is 0 Å². The normalized spacial score (nSPS) is 24.5. The van der Waals surface area contributed by atoms with Gasteiger partial charge in [0, 0.05) is 62.9 Å². The van der Waals surface area contributed by atoms with Gasteiger partial charge in [-0.1, -0.05) is 50.3 Å². The van der Waals surface area contributed by atoms with E-state index in [1.54, 1.807) is 7.11 Å². The van der Waals surface area contributed by atoms with Crippen molar-refractivity contribution in [3.63, 3.8) is 0 Å². The first-order valence-corrected chi connectivity index (χ1v) is 18.8. The van der Waals surface area contributed by atoms with E-state index in [0.717, 1.165) is 88.1 Å². The summed E-state index contributed by atoms with van der Waals surface area (Å²) in [5.41, 5.74) is 8.29. The molecule has 5 atom stereocenters. The molecule has 49 heavy (non-hydrogen) atoms. The smallest absolute Gasteiger partial charge is 0.224 e. The van der Waals surface area contributed by atoms with E-state index in [-0.39, 0.29) is 29.9 Å². The number of hydrogen-bond acceptors (Lipinski definition) is 7. The van der Waals surface area contributed by atoms with Crippen LogP contribution in [0.25, 0.3) is 5.57 Å². The molecule has 0 aromatic heterocycles. The van der Waals surface area contributed by atoms with Gasteiger partial charge < -0.3 is 34.9 Å². The van der Waals surface area contributed by atoms with Crippen LogP contribution in [0.2, 0.25) is 0 Å². The van der Waals surface area contributed by atoms with Crippen LogP contribution in [0.3, 0.4) is 0 Å². The van der Waals surface area contributed by atoms with E-state index in [4.69, 9.17) is 24.7 Å². The number of unbranched alkanes of at least 4 members (excludes halogenated alkanes) is 1. The van der Waals surface area contributed by atoms with Crippen LogP contribution in [0.5, 0.6) is 5.75 Å².